The molecule has 4 rings (SSSR count). The van der Waals surface area contributed by atoms with Crippen molar-refractivity contribution in [1.82, 2.24) is 9.88 Å². The highest BCUT2D eigenvalue weighted by atomic mass is 35.5. The average Bonchev–Trinajstić information content (AvgIpc) is 3.26. The third-order valence-corrected chi connectivity index (χ3v) is 5.53. The van der Waals surface area contributed by atoms with Gasteiger partial charge in [-0.2, -0.15) is 0 Å². The van der Waals surface area contributed by atoms with Gasteiger partial charge in [0.05, 0.1) is 20.6 Å². The molecule has 4 nitrogen and oxygen atoms in total. The van der Waals surface area contributed by atoms with Crippen LogP contribution in [-0.2, 0) is 4.79 Å². The van der Waals surface area contributed by atoms with Gasteiger partial charge in [-0.3, -0.25) is 4.79 Å². The van der Waals surface area contributed by atoms with E-state index in [2.05, 4.69) is 10.3 Å². The van der Waals surface area contributed by atoms with Crippen LogP contribution in [0.25, 0.3) is 11.8 Å². The molecule has 2 heterocycles. The Morgan fingerprint density at radius 1 is 1.00 bits per heavy atom. The molecule has 134 valence electrons. The number of aliphatic imine (C=N–C) groups is 1. The summed E-state index contributed by atoms with van der Waals surface area (Å²) in [7, 11) is 0. The normalized spacial score (nSPS) is 16.9. The minimum absolute atomic E-state index is 0.181. The summed E-state index contributed by atoms with van der Waals surface area (Å²) in [6, 6.07) is 18.9. The lowest BCUT2D eigenvalue weighted by atomic mass is 10.3. The minimum atomic E-state index is -0.181. The van der Waals surface area contributed by atoms with E-state index < -0.39 is 0 Å². The number of carbonyl (C=O) groups is 1. The first-order valence-electron chi connectivity index (χ1n) is 8.07. The second-order valence-corrected chi connectivity index (χ2v) is 7.56. The van der Waals surface area contributed by atoms with Gasteiger partial charge in [0.2, 0.25) is 0 Å². The lowest BCUT2D eigenvalue weighted by molar-refractivity contribution is -0.115. The van der Waals surface area contributed by atoms with Crippen molar-refractivity contribution in [2.75, 3.05) is 0 Å². The number of amidine groups is 1. The van der Waals surface area contributed by atoms with E-state index in [1.807, 2.05) is 59.3 Å². The first-order chi connectivity index (χ1) is 13.1. The molecule has 1 amide bonds. The van der Waals surface area contributed by atoms with Gasteiger partial charge in [0, 0.05) is 17.6 Å². The summed E-state index contributed by atoms with van der Waals surface area (Å²) in [5.74, 6) is -0.181. The number of hydrogen-bond donors (Lipinski definition) is 1. The molecule has 0 unspecified atom stereocenters. The second-order valence-electron chi connectivity index (χ2n) is 5.72. The van der Waals surface area contributed by atoms with Crippen LogP contribution in [0.5, 0.6) is 0 Å². The molecule has 2 aromatic carbocycles. The monoisotopic (exact) mass is 413 g/mol. The predicted molar refractivity (Wildman–Crippen MR) is 113 cm³/mol. The maximum Gasteiger partial charge on any atom is 0.264 e. The van der Waals surface area contributed by atoms with Crippen molar-refractivity contribution in [2.24, 2.45) is 4.99 Å². The number of halogens is 2. The topological polar surface area (TPSA) is 46.4 Å². The van der Waals surface area contributed by atoms with E-state index in [1.54, 1.807) is 18.2 Å². The second kappa shape index (κ2) is 7.64. The summed E-state index contributed by atoms with van der Waals surface area (Å²) in [5.41, 5.74) is 2.57. The van der Waals surface area contributed by atoms with Gasteiger partial charge in [0.25, 0.3) is 5.91 Å². The zero-order valence-electron chi connectivity index (χ0n) is 13.9. The van der Waals surface area contributed by atoms with E-state index in [4.69, 9.17) is 23.2 Å². The molecule has 0 spiro atoms. The number of para-hydroxylation sites is 1. The molecule has 27 heavy (non-hydrogen) atoms. The van der Waals surface area contributed by atoms with Gasteiger partial charge in [-0.1, -0.05) is 41.4 Å². The van der Waals surface area contributed by atoms with Crippen molar-refractivity contribution >= 4 is 57.8 Å². The Morgan fingerprint density at radius 3 is 2.59 bits per heavy atom. The lowest BCUT2D eigenvalue weighted by Gasteiger charge is -2.06. The molecule has 1 N–H and O–H groups in total. The number of nitrogens with zero attached hydrogens (tertiary/aromatic N) is 2. The first-order valence-corrected chi connectivity index (χ1v) is 9.65. The number of hydrogen-bond acceptors (Lipinski definition) is 3. The Labute approximate surface area is 170 Å². The number of nitrogens with one attached hydrogen (secondary N) is 1. The molecule has 1 saturated heterocycles. The Bertz CT molecular complexity index is 1070. The number of thioether (sulfide) groups is 1. The van der Waals surface area contributed by atoms with Crippen molar-refractivity contribution in [2.45, 2.75) is 0 Å². The quantitative estimate of drug-likeness (QED) is 0.561. The zero-order valence-corrected chi connectivity index (χ0v) is 16.2. The number of rotatable bonds is 3. The molecule has 1 aromatic heterocycles. The first kappa shape index (κ1) is 17.9. The van der Waals surface area contributed by atoms with E-state index in [-0.39, 0.29) is 5.91 Å². The van der Waals surface area contributed by atoms with Gasteiger partial charge in [0.15, 0.2) is 5.17 Å². The van der Waals surface area contributed by atoms with Crippen LogP contribution in [0.4, 0.5) is 5.69 Å². The Kier molecular flexibility index (Phi) is 5.07. The lowest BCUT2D eigenvalue weighted by Crippen LogP contribution is -2.19. The molecule has 0 saturated carbocycles. The third-order valence-electron chi connectivity index (χ3n) is 3.88. The van der Waals surface area contributed by atoms with E-state index in [1.165, 1.54) is 11.8 Å². The van der Waals surface area contributed by atoms with E-state index in [0.29, 0.717) is 25.8 Å². The van der Waals surface area contributed by atoms with Crippen LogP contribution in [0, 0.1) is 0 Å². The molecular weight excluding hydrogens is 401 g/mol. The molecule has 1 aliphatic heterocycles. The van der Waals surface area contributed by atoms with Crippen LogP contribution in [0.15, 0.2) is 76.8 Å². The standard InChI is InChI=1S/C20H13Cl2N3OS/c21-16-9-8-13(11-17(16)22)23-20-24-19(26)18(27-20)12-15-7-4-10-25(15)14-5-2-1-3-6-14/h1-12H,(H,23,24,26)/b18-12-. The van der Waals surface area contributed by atoms with Crippen molar-refractivity contribution in [3.63, 3.8) is 0 Å². The van der Waals surface area contributed by atoms with E-state index in [0.717, 1.165) is 11.4 Å². The van der Waals surface area contributed by atoms with E-state index >= 15 is 0 Å². The van der Waals surface area contributed by atoms with Gasteiger partial charge >= 0.3 is 0 Å². The van der Waals surface area contributed by atoms with E-state index in [9.17, 15) is 4.79 Å². The molecule has 7 heteroatoms. The molecule has 3 aromatic rings. The molecule has 0 aliphatic carbocycles. The SMILES string of the molecule is O=C1NC(=Nc2ccc(Cl)c(Cl)c2)S/C1=C\c1cccn1-c1ccccc1. The minimum Gasteiger partial charge on any atom is -0.317 e. The maximum atomic E-state index is 12.3. The Morgan fingerprint density at radius 2 is 1.81 bits per heavy atom. The highest BCUT2D eigenvalue weighted by molar-refractivity contribution is 8.18. The predicted octanol–water partition coefficient (Wildman–Crippen LogP) is 5.68. The zero-order chi connectivity index (χ0) is 18.8. The van der Waals surface area contributed by atoms with Crippen molar-refractivity contribution < 1.29 is 4.79 Å². The fraction of sp³-hybridized carbons (Fsp3) is 0. The highest BCUT2D eigenvalue weighted by Gasteiger charge is 2.24. The summed E-state index contributed by atoms with van der Waals surface area (Å²) >= 11 is 13.2. The highest BCUT2D eigenvalue weighted by Crippen LogP contribution is 2.31. The largest absolute Gasteiger partial charge is 0.317 e. The smallest absolute Gasteiger partial charge is 0.264 e. The Hall–Kier alpha value is -2.47. The van der Waals surface area contributed by atoms with Gasteiger partial charge in [-0.05, 0) is 60.3 Å². The number of aromatic nitrogens is 1. The molecule has 1 fully saturated rings. The summed E-state index contributed by atoms with van der Waals surface area (Å²) in [6.45, 7) is 0. The molecular formula is C20H13Cl2N3OS. The number of benzene rings is 2. The third kappa shape index (κ3) is 3.95. The van der Waals surface area contributed by atoms with Gasteiger partial charge in [0.1, 0.15) is 0 Å². The van der Waals surface area contributed by atoms with Crippen LogP contribution in [0.1, 0.15) is 5.69 Å². The van der Waals surface area contributed by atoms with Crippen LogP contribution in [0.2, 0.25) is 10.0 Å². The van der Waals surface area contributed by atoms with Crippen LogP contribution < -0.4 is 5.32 Å². The van der Waals surface area contributed by atoms with Gasteiger partial charge < -0.3 is 9.88 Å². The van der Waals surface area contributed by atoms with Gasteiger partial charge in [-0.15, -0.1) is 0 Å². The molecule has 0 atom stereocenters. The van der Waals surface area contributed by atoms with Crippen LogP contribution in [-0.4, -0.2) is 15.6 Å². The maximum absolute atomic E-state index is 12.3. The summed E-state index contributed by atoms with van der Waals surface area (Å²) < 4.78 is 2.02. The van der Waals surface area contributed by atoms with Gasteiger partial charge in [-0.25, -0.2) is 4.99 Å². The average molecular weight is 414 g/mol. The summed E-state index contributed by atoms with van der Waals surface area (Å²) in [6.07, 6.45) is 3.81. The number of amides is 1. The summed E-state index contributed by atoms with van der Waals surface area (Å²) in [5, 5.41) is 4.17. The number of carbonyl (C=O) groups excluding carboxylic acids is 1. The molecule has 1 aliphatic rings. The van der Waals surface area contributed by atoms with Crippen molar-refractivity contribution in [3.05, 3.63) is 87.5 Å². The van der Waals surface area contributed by atoms with Crippen LogP contribution >= 0.6 is 35.0 Å². The van der Waals surface area contributed by atoms with Crippen LogP contribution in [0.3, 0.4) is 0 Å². The Balaban J connectivity index is 1.61. The fourth-order valence-electron chi connectivity index (χ4n) is 2.62. The van der Waals surface area contributed by atoms with Crippen molar-refractivity contribution in [1.29, 1.82) is 0 Å². The fourth-order valence-corrected chi connectivity index (χ4v) is 3.74. The molecule has 0 radical (unpaired) electrons. The van der Waals surface area contributed by atoms with Crippen molar-refractivity contribution in [3.8, 4) is 5.69 Å². The summed E-state index contributed by atoms with van der Waals surface area (Å²) in [4.78, 5) is 17.3. The molecule has 0 bridgehead atoms.